The maximum Gasteiger partial charge on any atom is 0.241 e. The lowest BCUT2D eigenvalue weighted by Gasteiger charge is -2.49. The van der Waals surface area contributed by atoms with E-state index >= 15 is 0 Å². The lowest BCUT2D eigenvalue weighted by molar-refractivity contribution is -0.131. The summed E-state index contributed by atoms with van der Waals surface area (Å²) < 4.78 is 0.837. The number of nitrogens with zero attached hydrogens (tertiary/aromatic N) is 2. The molecule has 4 aliphatic rings. The van der Waals surface area contributed by atoms with Crippen LogP contribution in [0, 0.1) is 29.1 Å². The molecule has 8 rings (SSSR count). The Balaban J connectivity index is 1.30. The Hall–Kier alpha value is -4.56. The molecule has 0 unspecified atom stereocenters. The van der Waals surface area contributed by atoms with Crippen LogP contribution in [-0.2, 0) is 19.2 Å². The number of amides is 4. The largest absolute Gasteiger partial charge is 0.507 e. The minimum atomic E-state index is -1.22. The maximum atomic E-state index is 14.6. The number of hydrogen-bond donors (Lipinski definition) is 1. The summed E-state index contributed by atoms with van der Waals surface area (Å²) in [7, 11) is 0. The van der Waals surface area contributed by atoms with Crippen molar-refractivity contribution in [1.82, 2.24) is 0 Å². The van der Waals surface area contributed by atoms with Crippen molar-refractivity contribution in [2.75, 3.05) is 9.80 Å². The van der Waals surface area contributed by atoms with Crippen molar-refractivity contribution in [1.29, 1.82) is 0 Å². The predicted octanol–water partition coefficient (Wildman–Crippen LogP) is 6.74. The number of hydrogen-bond acceptors (Lipinski definition) is 5. The number of phenolic OH excluding ortho intramolecular Hbond substituents is 1. The van der Waals surface area contributed by atoms with Gasteiger partial charge in [-0.25, -0.2) is 4.90 Å². The van der Waals surface area contributed by atoms with E-state index in [1.165, 1.54) is 9.80 Å². The van der Waals surface area contributed by atoms with Crippen LogP contribution in [0.3, 0.4) is 0 Å². The molecule has 1 N–H and O–H groups in total. The molecule has 2 heterocycles. The topological polar surface area (TPSA) is 95.0 Å². The predicted molar refractivity (Wildman–Crippen MR) is 173 cm³/mol. The van der Waals surface area contributed by atoms with Crippen molar-refractivity contribution in [3.05, 3.63) is 113 Å². The van der Waals surface area contributed by atoms with Crippen LogP contribution >= 0.6 is 15.9 Å². The molecule has 45 heavy (non-hydrogen) atoms. The number of para-hydroxylation sites is 1. The molecule has 7 nitrogen and oxygen atoms in total. The Morgan fingerprint density at radius 1 is 0.756 bits per heavy atom. The van der Waals surface area contributed by atoms with Gasteiger partial charge in [-0.05, 0) is 67.5 Å². The van der Waals surface area contributed by atoms with Crippen molar-refractivity contribution < 1.29 is 24.3 Å². The number of imide groups is 2. The van der Waals surface area contributed by atoms with Gasteiger partial charge in [-0.15, -0.1) is 0 Å². The van der Waals surface area contributed by atoms with E-state index in [-0.39, 0.29) is 35.8 Å². The van der Waals surface area contributed by atoms with Crippen LogP contribution in [0.1, 0.15) is 31.2 Å². The van der Waals surface area contributed by atoms with Gasteiger partial charge in [0.2, 0.25) is 23.6 Å². The molecule has 4 aromatic carbocycles. The zero-order valence-electron chi connectivity index (χ0n) is 24.4. The number of halogens is 1. The Morgan fingerprint density at radius 3 is 2.20 bits per heavy atom. The van der Waals surface area contributed by atoms with E-state index in [2.05, 4.69) is 15.9 Å². The van der Waals surface area contributed by atoms with Gasteiger partial charge < -0.3 is 5.11 Å². The van der Waals surface area contributed by atoms with Gasteiger partial charge in [0.15, 0.2) is 0 Å². The molecule has 0 spiro atoms. The molecule has 4 aromatic rings. The highest BCUT2D eigenvalue weighted by Gasteiger charge is 2.68. The molecule has 0 aromatic heterocycles. The van der Waals surface area contributed by atoms with Gasteiger partial charge in [-0.2, -0.15) is 0 Å². The monoisotopic (exact) mass is 660 g/mol. The lowest BCUT2D eigenvalue weighted by Crippen LogP contribution is -2.48. The van der Waals surface area contributed by atoms with Gasteiger partial charge in [-0.1, -0.05) is 82.2 Å². The van der Waals surface area contributed by atoms with E-state index in [4.69, 9.17) is 0 Å². The number of aromatic hydroxyl groups is 1. The number of carbonyl (C=O) groups excluding carboxylic acids is 4. The molecule has 2 aliphatic carbocycles. The number of fused-ring (bicyclic) bond motifs is 5. The number of allylic oxidation sites excluding steroid dienone is 2. The summed E-state index contributed by atoms with van der Waals surface area (Å²) in [6.45, 7) is 1.83. The molecule has 8 heteroatoms. The van der Waals surface area contributed by atoms with Crippen LogP contribution < -0.4 is 9.80 Å². The van der Waals surface area contributed by atoms with Gasteiger partial charge in [0.25, 0.3) is 0 Å². The third-order valence-corrected chi connectivity index (χ3v) is 11.1. The van der Waals surface area contributed by atoms with Crippen molar-refractivity contribution in [3.8, 4) is 5.75 Å². The highest BCUT2D eigenvalue weighted by atomic mass is 79.9. The molecular formula is C37H29BrN2O5. The Kier molecular flexibility index (Phi) is 6.20. The van der Waals surface area contributed by atoms with Crippen LogP contribution in [0.5, 0.6) is 5.75 Å². The summed E-state index contributed by atoms with van der Waals surface area (Å²) in [5, 5.41) is 13.3. The highest BCUT2D eigenvalue weighted by Crippen LogP contribution is 2.64. The van der Waals surface area contributed by atoms with Crippen molar-refractivity contribution in [2.45, 2.75) is 25.7 Å². The van der Waals surface area contributed by atoms with E-state index in [0.717, 1.165) is 15.4 Å². The van der Waals surface area contributed by atoms with E-state index in [9.17, 15) is 24.3 Å². The normalized spacial score (nSPS) is 29.1. The van der Waals surface area contributed by atoms with Crippen LogP contribution in [-0.4, -0.2) is 28.7 Å². The zero-order chi connectivity index (χ0) is 31.2. The second kappa shape index (κ2) is 9.97. The first kappa shape index (κ1) is 28.0. The van der Waals surface area contributed by atoms with Crippen molar-refractivity contribution >= 4 is 61.7 Å². The molecule has 224 valence electrons. The van der Waals surface area contributed by atoms with Crippen LogP contribution in [0.15, 0.2) is 107 Å². The van der Waals surface area contributed by atoms with Crippen LogP contribution in [0.2, 0.25) is 0 Å². The van der Waals surface area contributed by atoms with Crippen molar-refractivity contribution in [3.63, 3.8) is 0 Å². The summed E-state index contributed by atoms with van der Waals surface area (Å²) in [5.74, 6) is -4.26. The lowest BCUT2D eigenvalue weighted by atomic mass is 9.51. The zero-order valence-corrected chi connectivity index (χ0v) is 26.0. The first-order valence-electron chi connectivity index (χ1n) is 15.2. The number of benzene rings is 4. The van der Waals surface area contributed by atoms with E-state index in [1.807, 2.05) is 55.5 Å². The standard InChI is InChI=1S/C37H29BrN2O5/c1-37-29(34(43)40(36(37)45)22-8-3-2-4-9-22)19-28-25(31(37)27-16-11-20-7-5-6-10-24(20)32(27)41)17-18-26-30(28)35(44)39(33(26)42)23-14-12-21(38)13-15-23/h2-17,26,28-31,41H,18-19H2,1H3/t26-,28+,29-,30-,31+,37+/m0/s1. The smallest absolute Gasteiger partial charge is 0.241 e. The number of rotatable bonds is 3. The third-order valence-electron chi connectivity index (χ3n) is 10.6. The SMILES string of the molecule is C[C@@]12C(=O)N(c3ccccc3)C(=O)[C@@H]1C[C@@H]1C(=CC[C@@H]3C(=O)N(c4ccc(Br)cc4)C(=O)[C@@H]31)[C@@H]2c1ccc2ccccc2c1O. The summed E-state index contributed by atoms with van der Waals surface area (Å²) in [6, 6.07) is 27.3. The Bertz CT molecular complexity index is 1970. The maximum absolute atomic E-state index is 14.6. The number of carbonyl (C=O) groups is 4. The average Bonchev–Trinajstić information content (AvgIpc) is 3.42. The molecule has 2 saturated heterocycles. The molecule has 4 amide bonds. The van der Waals surface area contributed by atoms with Gasteiger partial charge in [-0.3, -0.25) is 24.1 Å². The molecule has 0 bridgehead atoms. The summed E-state index contributed by atoms with van der Waals surface area (Å²) in [4.78, 5) is 59.5. The second-order valence-corrected chi connectivity index (χ2v) is 13.6. The molecule has 2 aliphatic heterocycles. The second-order valence-electron chi connectivity index (χ2n) is 12.7. The van der Waals surface area contributed by atoms with Crippen LogP contribution in [0.4, 0.5) is 11.4 Å². The molecule has 0 radical (unpaired) electrons. The minimum Gasteiger partial charge on any atom is -0.507 e. The highest BCUT2D eigenvalue weighted by molar-refractivity contribution is 9.10. The third kappa shape index (κ3) is 3.81. The van der Waals surface area contributed by atoms with E-state index in [0.29, 0.717) is 28.7 Å². The summed E-state index contributed by atoms with van der Waals surface area (Å²) in [5.41, 5.74) is 1.17. The van der Waals surface area contributed by atoms with Gasteiger partial charge >= 0.3 is 0 Å². The Morgan fingerprint density at radius 2 is 1.44 bits per heavy atom. The quantitative estimate of drug-likeness (QED) is 0.194. The van der Waals surface area contributed by atoms with Gasteiger partial charge in [0.05, 0.1) is 34.5 Å². The molecular weight excluding hydrogens is 632 g/mol. The van der Waals surface area contributed by atoms with Crippen LogP contribution in [0.25, 0.3) is 10.8 Å². The first-order chi connectivity index (χ1) is 21.7. The number of anilines is 2. The van der Waals surface area contributed by atoms with E-state index in [1.54, 1.807) is 48.5 Å². The van der Waals surface area contributed by atoms with Gasteiger partial charge in [0.1, 0.15) is 5.75 Å². The average molecular weight is 662 g/mol. The van der Waals surface area contributed by atoms with E-state index < -0.39 is 35.0 Å². The number of phenols is 1. The fourth-order valence-electron chi connectivity index (χ4n) is 8.53. The fourth-order valence-corrected chi connectivity index (χ4v) is 8.80. The molecule has 1 saturated carbocycles. The summed E-state index contributed by atoms with van der Waals surface area (Å²) in [6.07, 6.45) is 2.60. The Labute approximate surface area is 268 Å². The molecule has 3 fully saturated rings. The summed E-state index contributed by atoms with van der Waals surface area (Å²) >= 11 is 3.42. The van der Waals surface area contributed by atoms with Crippen molar-refractivity contribution in [2.24, 2.45) is 29.1 Å². The first-order valence-corrected chi connectivity index (χ1v) is 16.0. The molecule has 6 atom stereocenters. The van der Waals surface area contributed by atoms with Gasteiger partial charge in [0, 0.05) is 21.3 Å². The fraction of sp³-hybridized carbons (Fsp3) is 0.243. The minimum absolute atomic E-state index is 0.0606.